The van der Waals surface area contributed by atoms with Gasteiger partial charge in [-0.3, -0.25) is 0 Å². The normalized spacial score (nSPS) is 11.3. The van der Waals surface area contributed by atoms with E-state index in [4.69, 9.17) is 0 Å². The van der Waals surface area contributed by atoms with E-state index >= 15 is 0 Å². The Morgan fingerprint density at radius 2 is 2.09 bits per heavy atom. The highest BCUT2D eigenvalue weighted by Gasteiger charge is 2.19. The van der Waals surface area contributed by atoms with Crippen LogP contribution in [-0.2, 0) is 16.7 Å². The monoisotopic (exact) mass is 323 g/mol. The number of aromatic nitrogens is 2. The van der Waals surface area contributed by atoms with Crippen LogP contribution in [0.4, 0.5) is 9.52 Å². The van der Waals surface area contributed by atoms with Crippen LogP contribution < -0.4 is 5.32 Å². The maximum atomic E-state index is 13.8. The molecule has 0 radical (unpaired) electrons. The van der Waals surface area contributed by atoms with Gasteiger partial charge in [0.15, 0.2) is 0 Å². The zero-order valence-corrected chi connectivity index (χ0v) is 13.8. The molecule has 0 atom stereocenters. The highest BCUT2D eigenvalue weighted by molar-refractivity contribution is 7.15. The number of hydrogen-bond donors (Lipinski definition) is 1. The van der Waals surface area contributed by atoms with Crippen molar-refractivity contribution in [1.82, 2.24) is 10.2 Å². The Bertz CT molecular complexity index is 680. The van der Waals surface area contributed by atoms with Crippen LogP contribution in [0, 0.1) is 5.82 Å². The molecule has 1 N–H and O–H groups in total. The Morgan fingerprint density at radius 3 is 2.68 bits per heavy atom. The summed E-state index contributed by atoms with van der Waals surface area (Å²) in [5.74, 6) is -0.882. The molecule has 1 aromatic heterocycles. The van der Waals surface area contributed by atoms with Crippen LogP contribution in [0.1, 0.15) is 41.7 Å². The predicted octanol–water partition coefficient (Wildman–Crippen LogP) is 3.37. The van der Waals surface area contributed by atoms with Gasteiger partial charge in [-0.1, -0.05) is 32.1 Å². The first-order valence-electron chi connectivity index (χ1n) is 6.76. The van der Waals surface area contributed by atoms with Crippen LogP contribution in [0.5, 0.6) is 0 Å². The van der Waals surface area contributed by atoms with Crippen molar-refractivity contribution in [3.05, 3.63) is 40.2 Å². The average Bonchev–Trinajstić information content (AvgIpc) is 2.94. The topological polar surface area (TPSA) is 64.1 Å². The third kappa shape index (κ3) is 3.79. The fraction of sp³-hybridized carbons (Fsp3) is 0.400. The molecule has 1 aromatic carbocycles. The first kappa shape index (κ1) is 16.4. The van der Waals surface area contributed by atoms with Crippen LogP contribution in [0.25, 0.3) is 0 Å². The van der Waals surface area contributed by atoms with E-state index in [1.165, 1.54) is 36.6 Å². The largest absolute Gasteiger partial charge is 0.465 e. The molecule has 0 unspecified atom stereocenters. The molecule has 0 fully saturated rings. The SMILES string of the molecule is COC(=O)c1ccc(F)c(CNc2nnc(C(C)(C)C)s2)c1. The smallest absolute Gasteiger partial charge is 0.337 e. The molecule has 1 heterocycles. The highest BCUT2D eigenvalue weighted by Crippen LogP contribution is 2.28. The number of esters is 1. The van der Waals surface area contributed by atoms with Crippen molar-refractivity contribution in [3.63, 3.8) is 0 Å². The minimum Gasteiger partial charge on any atom is -0.465 e. The molecule has 2 aromatic rings. The Morgan fingerprint density at radius 1 is 1.36 bits per heavy atom. The minimum absolute atomic E-state index is 0.0757. The molecule has 5 nitrogen and oxygen atoms in total. The van der Waals surface area contributed by atoms with Crippen molar-refractivity contribution in [2.75, 3.05) is 12.4 Å². The molecule has 0 aliphatic carbocycles. The summed E-state index contributed by atoms with van der Waals surface area (Å²) >= 11 is 1.43. The van der Waals surface area contributed by atoms with Gasteiger partial charge in [-0.05, 0) is 18.2 Å². The lowest BCUT2D eigenvalue weighted by Gasteiger charge is -2.12. The van der Waals surface area contributed by atoms with Gasteiger partial charge in [0.1, 0.15) is 10.8 Å². The average molecular weight is 323 g/mol. The Balaban J connectivity index is 2.11. The van der Waals surface area contributed by atoms with Gasteiger partial charge < -0.3 is 10.1 Å². The summed E-state index contributed by atoms with van der Waals surface area (Å²) in [4.78, 5) is 11.5. The van der Waals surface area contributed by atoms with E-state index in [1.54, 1.807) is 0 Å². The molecular formula is C15H18FN3O2S. The number of ether oxygens (including phenoxy) is 1. The quantitative estimate of drug-likeness (QED) is 0.874. The van der Waals surface area contributed by atoms with Crippen LogP contribution in [0.15, 0.2) is 18.2 Å². The number of carbonyl (C=O) groups excluding carboxylic acids is 1. The van der Waals surface area contributed by atoms with Crippen molar-refractivity contribution in [3.8, 4) is 0 Å². The summed E-state index contributed by atoms with van der Waals surface area (Å²) < 4.78 is 18.4. The molecule has 0 aliphatic rings. The van der Waals surface area contributed by atoms with Gasteiger partial charge in [-0.15, -0.1) is 10.2 Å². The van der Waals surface area contributed by atoms with Crippen LogP contribution in [-0.4, -0.2) is 23.3 Å². The van der Waals surface area contributed by atoms with Crippen molar-refractivity contribution >= 4 is 22.4 Å². The number of nitrogens with zero attached hydrogens (tertiary/aromatic N) is 2. The van der Waals surface area contributed by atoms with Gasteiger partial charge in [-0.25, -0.2) is 9.18 Å². The van der Waals surface area contributed by atoms with Gasteiger partial charge in [-0.2, -0.15) is 0 Å². The van der Waals surface area contributed by atoms with E-state index in [1.807, 2.05) is 0 Å². The number of anilines is 1. The van der Waals surface area contributed by atoms with Crippen LogP contribution >= 0.6 is 11.3 Å². The molecule has 2 rings (SSSR count). The summed E-state index contributed by atoms with van der Waals surface area (Å²) in [7, 11) is 1.29. The zero-order valence-electron chi connectivity index (χ0n) is 12.9. The van der Waals surface area contributed by atoms with Gasteiger partial charge in [0.2, 0.25) is 5.13 Å². The minimum atomic E-state index is -0.493. The second kappa shape index (κ2) is 6.39. The predicted molar refractivity (Wildman–Crippen MR) is 83.7 cm³/mol. The lowest BCUT2D eigenvalue weighted by molar-refractivity contribution is 0.0600. The van der Waals surface area contributed by atoms with E-state index in [9.17, 15) is 9.18 Å². The molecule has 0 saturated carbocycles. The van der Waals surface area contributed by atoms with Crippen LogP contribution in [0.2, 0.25) is 0 Å². The van der Waals surface area contributed by atoms with Crippen molar-refractivity contribution in [1.29, 1.82) is 0 Å². The number of carbonyl (C=O) groups is 1. The molecule has 0 bridgehead atoms. The standard InChI is InChI=1S/C15H18FN3O2S/c1-15(2,3)13-18-19-14(22-13)17-8-10-7-9(12(20)21-4)5-6-11(10)16/h5-7H,8H2,1-4H3,(H,17,19). The zero-order chi connectivity index (χ0) is 16.3. The van der Waals surface area contributed by atoms with E-state index in [2.05, 4.69) is 41.0 Å². The van der Waals surface area contributed by atoms with Gasteiger partial charge in [0.25, 0.3) is 0 Å². The second-order valence-electron chi connectivity index (χ2n) is 5.81. The summed E-state index contributed by atoms with van der Waals surface area (Å²) in [6, 6.07) is 4.12. The Hall–Kier alpha value is -2.02. The number of methoxy groups -OCH3 is 1. The summed E-state index contributed by atoms with van der Waals surface area (Å²) in [6.45, 7) is 6.37. The molecule has 0 saturated heterocycles. The molecule has 0 amide bonds. The Labute approximate surface area is 132 Å². The number of halogens is 1. The maximum absolute atomic E-state index is 13.8. The van der Waals surface area contributed by atoms with Crippen molar-refractivity contribution < 1.29 is 13.9 Å². The summed E-state index contributed by atoms with van der Waals surface area (Å²) in [5, 5.41) is 12.7. The number of nitrogens with one attached hydrogen (secondary N) is 1. The fourth-order valence-corrected chi connectivity index (χ4v) is 2.52. The first-order chi connectivity index (χ1) is 10.3. The molecular weight excluding hydrogens is 305 g/mol. The third-order valence-corrected chi connectivity index (χ3v) is 4.27. The van der Waals surface area contributed by atoms with Gasteiger partial charge in [0, 0.05) is 17.5 Å². The van der Waals surface area contributed by atoms with Crippen molar-refractivity contribution in [2.24, 2.45) is 0 Å². The maximum Gasteiger partial charge on any atom is 0.337 e. The molecule has 0 spiro atoms. The fourth-order valence-electron chi connectivity index (χ4n) is 1.72. The lowest BCUT2D eigenvalue weighted by atomic mass is 9.98. The van der Waals surface area contributed by atoms with Gasteiger partial charge >= 0.3 is 5.97 Å². The summed E-state index contributed by atoms with van der Waals surface area (Å²) in [5.41, 5.74) is 0.608. The second-order valence-corrected chi connectivity index (χ2v) is 6.79. The van der Waals surface area contributed by atoms with Gasteiger partial charge in [0.05, 0.1) is 12.7 Å². The highest BCUT2D eigenvalue weighted by atomic mass is 32.1. The summed E-state index contributed by atoms with van der Waals surface area (Å²) in [6.07, 6.45) is 0. The number of rotatable bonds is 4. The van der Waals surface area contributed by atoms with E-state index < -0.39 is 5.97 Å². The number of benzene rings is 1. The first-order valence-corrected chi connectivity index (χ1v) is 7.57. The third-order valence-electron chi connectivity index (χ3n) is 2.96. The molecule has 7 heteroatoms. The lowest BCUT2D eigenvalue weighted by Crippen LogP contribution is -2.10. The van der Waals surface area contributed by atoms with E-state index in [0.717, 1.165) is 5.01 Å². The molecule has 0 aliphatic heterocycles. The Kier molecular flexibility index (Phi) is 4.75. The molecule has 118 valence electrons. The molecule has 22 heavy (non-hydrogen) atoms. The number of hydrogen-bond acceptors (Lipinski definition) is 6. The van der Waals surface area contributed by atoms with Crippen molar-refractivity contribution in [2.45, 2.75) is 32.7 Å². The van der Waals surface area contributed by atoms with Crippen LogP contribution in [0.3, 0.4) is 0 Å². The van der Waals surface area contributed by atoms with E-state index in [0.29, 0.717) is 16.3 Å². The van der Waals surface area contributed by atoms with E-state index in [-0.39, 0.29) is 17.8 Å².